The molecular formula is C26H29N3O2. The Labute approximate surface area is 183 Å². The molecule has 1 aliphatic heterocycles. The lowest BCUT2D eigenvalue weighted by Gasteiger charge is -2.32. The van der Waals surface area contributed by atoms with Crippen molar-refractivity contribution in [1.82, 2.24) is 9.88 Å². The number of hydrogen-bond donors (Lipinski definition) is 3. The van der Waals surface area contributed by atoms with Crippen LogP contribution in [0.25, 0.3) is 5.57 Å². The minimum atomic E-state index is -0.150. The molecule has 1 aromatic heterocycles. The highest BCUT2D eigenvalue weighted by Gasteiger charge is 2.36. The first kappa shape index (κ1) is 20.8. The van der Waals surface area contributed by atoms with E-state index >= 15 is 0 Å². The summed E-state index contributed by atoms with van der Waals surface area (Å²) in [5.74, 6) is -0.111. The molecule has 0 fully saturated rings. The summed E-state index contributed by atoms with van der Waals surface area (Å²) in [7, 11) is 0. The van der Waals surface area contributed by atoms with Gasteiger partial charge in [-0.25, -0.2) is 0 Å². The summed E-state index contributed by atoms with van der Waals surface area (Å²) in [4.78, 5) is 19.1. The number of carbonyl (C=O) groups is 1. The highest BCUT2D eigenvalue weighted by atomic mass is 16.3. The Balaban J connectivity index is 1.90. The van der Waals surface area contributed by atoms with Gasteiger partial charge in [0, 0.05) is 29.7 Å². The van der Waals surface area contributed by atoms with E-state index in [4.69, 9.17) is 5.73 Å². The second-order valence-electron chi connectivity index (χ2n) is 8.44. The van der Waals surface area contributed by atoms with Crippen molar-refractivity contribution in [2.45, 2.75) is 40.2 Å². The van der Waals surface area contributed by atoms with Gasteiger partial charge < -0.3 is 20.7 Å². The second-order valence-corrected chi connectivity index (χ2v) is 8.44. The van der Waals surface area contributed by atoms with E-state index in [2.05, 4.69) is 43.3 Å². The highest BCUT2D eigenvalue weighted by Crippen LogP contribution is 2.46. The number of nitrogens with zero attached hydrogens (tertiary/aromatic N) is 1. The van der Waals surface area contributed by atoms with Gasteiger partial charge in [-0.15, -0.1) is 0 Å². The number of Topliss-reactive ketones (excluding diaryl/α,β-unsaturated/α-hetero) is 1. The summed E-state index contributed by atoms with van der Waals surface area (Å²) < 4.78 is 0. The number of nitrogen functional groups attached to an aromatic ring is 1. The normalized spacial score (nSPS) is 17.1. The molecule has 0 atom stereocenters. The number of phenolic OH excluding ortho intramolecular Hbond substituents is 1. The summed E-state index contributed by atoms with van der Waals surface area (Å²) in [6.45, 7) is 11.9. The number of anilines is 1. The zero-order chi connectivity index (χ0) is 22.3. The number of ketones is 1. The van der Waals surface area contributed by atoms with Crippen LogP contribution in [0.5, 0.6) is 5.75 Å². The average Bonchev–Trinajstić information content (AvgIpc) is 3.20. The fourth-order valence-corrected chi connectivity index (χ4v) is 4.41. The summed E-state index contributed by atoms with van der Waals surface area (Å²) >= 11 is 0. The molecular weight excluding hydrogens is 386 g/mol. The lowest BCUT2D eigenvalue weighted by molar-refractivity contribution is 0.0988. The van der Waals surface area contributed by atoms with Gasteiger partial charge in [0.1, 0.15) is 5.75 Å². The molecule has 0 spiro atoms. The number of H-pyrrole nitrogens is 1. The van der Waals surface area contributed by atoms with Crippen LogP contribution in [0, 0.1) is 0 Å². The molecule has 0 saturated carbocycles. The van der Waals surface area contributed by atoms with Crippen LogP contribution in [0.15, 0.2) is 71.1 Å². The summed E-state index contributed by atoms with van der Waals surface area (Å²) in [6, 6.07) is 7.09. The minimum Gasteiger partial charge on any atom is -0.507 e. The Morgan fingerprint density at radius 1 is 1.32 bits per heavy atom. The number of aromatic amines is 1. The number of benzene rings is 1. The number of fused-ring (bicyclic) bond motifs is 1. The molecule has 4 rings (SSSR count). The van der Waals surface area contributed by atoms with Crippen molar-refractivity contribution in [3.05, 3.63) is 87.9 Å². The Bertz CT molecular complexity index is 1160. The Morgan fingerprint density at radius 2 is 2.10 bits per heavy atom. The quantitative estimate of drug-likeness (QED) is 0.465. The molecule has 0 amide bonds. The van der Waals surface area contributed by atoms with Gasteiger partial charge in [-0.1, -0.05) is 30.7 Å². The van der Waals surface area contributed by atoms with Crippen LogP contribution in [0.4, 0.5) is 5.69 Å². The number of nitrogens with one attached hydrogen (secondary N) is 1. The van der Waals surface area contributed by atoms with Crippen molar-refractivity contribution in [2.24, 2.45) is 0 Å². The van der Waals surface area contributed by atoms with E-state index in [-0.39, 0.29) is 11.5 Å². The van der Waals surface area contributed by atoms with Crippen molar-refractivity contribution in [3.63, 3.8) is 0 Å². The molecule has 4 N–H and O–H groups in total. The number of aromatic nitrogens is 1. The molecule has 2 aliphatic rings. The van der Waals surface area contributed by atoms with Gasteiger partial charge in [0.25, 0.3) is 0 Å². The third kappa shape index (κ3) is 3.61. The van der Waals surface area contributed by atoms with E-state index in [9.17, 15) is 9.90 Å². The molecule has 0 saturated heterocycles. The van der Waals surface area contributed by atoms with Crippen LogP contribution in [0.3, 0.4) is 0 Å². The van der Waals surface area contributed by atoms with E-state index in [0.29, 0.717) is 47.6 Å². The van der Waals surface area contributed by atoms with E-state index in [1.165, 1.54) is 22.8 Å². The van der Waals surface area contributed by atoms with Crippen LogP contribution >= 0.6 is 0 Å². The summed E-state index contributed by atoms with van der Waals surface area (Å²) in [5, 5.41) is 10.5. The van der Waals surface area contributed by atoms with E-state index in [1.807, 2.05) is 18.3 Å². The number of phenols is 1. The molecule has 0 radical (unpaired) electrons. The zero-order valence-corrected chi connectivity index (χ0v) is 18.4. The predicted molar refractivity (Wildman–Crippen MR) is 125 cm³/mol. The lowest BCUT2D eigenvalue weighted by Crippen LogP contribution is -2.32. The van der Waals surface area contributed by atoms with Gasteiger partial charge in [-0.2, -0.15) is 0 Å². The second kappa shape index (κ2) is 7.99. The van der Waals surface area contributed by atoms with Gasteiger partial charge in [0.15, 0.2) is 0 Å². The molecule has 0 bridgehead atoms. The SMILES string of the molecule is C=C1C2=C(C(=O)c3c(N)ccc(O)c31)N(Cc1ccc[nH]1)CC(/C=C(/C)CC)=C(C)C2. The number of carbonyl (C=O) groups excluding carboxylic acids is 1. The van der Waals surface area contributed by atoms with Crippen LogP contribution in [-0.2, 0) is 6.54 Å². The smallest absolute Gasteiger partial charge is 0.212 e. The predicted octanol–water partition coefficient (Wildman–Crippen LogP) is 5.34. The van der Waals surface area contributed by atoms with E-state index in [0.717, 1.165) is 17.7 Å². The maximum Gasteiger partial charge on any atom is 0.212 e. The van der Waals surface area contributed by atoms with Crippen LogP contribution in [0.2, 0.25) is 0 Å². The molecule has 5 nitrogen and oxygen atoms in total. The molecule has 2 heterocycles. The summed E-state index contributed by atoms with van der Waals surface area (Å²) in [5.41, 5.74) is 14.3. The number of aromatic hydroxyl groups is 1. The van der Waals surface area contributed by atoms with Crippen molar-refractivity contribution >= 4 is 17.0 Å². The Morgan fingerprint density at radius 3 is 2.77 bits per heavy atom. The monoisotopic (exact) mass is 415 g/mol. The molecule has 31 heavy (non-hydrogen) atoms. The Kier molecular flexibility index (Phi) is 5.36. The number of nitrogens with two attached hydrogens (primary N) is 1. The first-order valence-corrected chi connectivity index (χ1v) is 10.6. The van der Waals surface area contributed by atoms with Crippen molar-refractivity contribution in [2.75, 3.05) is 12.3 Å². The van der Waals surface area contributed by atoms with Crippen molar-refractivity contribution in [3.8, 4) is 5.75 Å². The van der Waals surface area contributed by atoms with E-state index < -0.39 is 0 Å². The molecule has 5 heteroatoms. The standard InChI is InChI=1S/C26H29N3O2/c1-5-15(2)11-18-13-29(14-19-7-6-10-28-19)25-20(12-16(18)3)17(4)23-22(30)9-8-21(27)24(23)26(25)31/h6-11,28,30H,4-5,12-14,27H2,1-3H3/b15-11-. The zero-order valence-electron chi connectivity index (χ0n) is 18.4. The van der Waals surface area contributed by atoms with Gasteiger partial charge in [-0.05, 0) is 67.7 Å². The number of hydrogen-bond acceptors (Lipinski definition) is 4. The first-order chi connectivity index (χ1) is 14.8. The van der Waals surface area contributed by atoms with Gasteiger partial charge >= 0.3 is 0 Å². The molecule has 160 valence electrons. The number of rotatable bonds is 4. The van der Waals surface area contributed by atoms with Crippen LogP contribution in [0.1, 0.15) is 55.2 Å². The van der Waals surface area contributed by atoms with Gasteiger partial charge in [-0.3, -0.25) is 4.79 Å². The molecule has 2 aromatic rings. The maximum atomic E-state index is 13.8. The fraction of sp³-hybridized carbons (Fsp3) is 0.269. The lowest BCUT2D eigenvalue weighted by atomic mass is 9.81. The van der Waals surface area contributed by atoms with Gasteiger partial charge in [0.2, 0.25) is 5.78 Å². The Hall–Kier alpha value is -3.47. The van der Waals surface area contributed by atoms with Crippen LogP contribution in [-0.4, -0.2) is 27.3 Å². The summed E-state index contributed by atoms with van der Waals surface area (Å²) in [6.07, 6.45) is 5.71. The average molecular weight is 416 g/mol. The topological polar surface area (TPSA) is 82.3 Å². The number of allylic oxidation sites excluding steroid dienone is 5. The maximum absolute atomic E-state index is 13.8. The van der Waals surface area contributed by atoms with Crippen molar-refractivity contribution < 1.29 is 9.90 Å². The fourth-order valence-electron chi connectivity index (χ4n) is 4.41. The van der Waals surface area contributed by atoms with Crippen LogP contribution < -0.4 is 5.73 Å². The largest absolute Gasteiger partial charge is 0.507 e. The third-order valence-electron chi connectivity index (χ3n) is 6.28. The van der Waals surface area contributed by atoms with E-state index in [1.54, 1.807) is 6.07 Å². The molecule has 1 aromatic carbocycles. The molecule has 0 unspecified atom stereocenters. The minimum absolute atomic E-state index is 0.0397. The van der Waals surface area contributed by atoms with Crippen molar-refractivity contribution in [1.29, 1.82) is 0 Å². The molecule has 1 aliphatic carbocycles. The van der Waals surface area contributed by atoms with Gasteiger partial charge in [0.05, 0.1) is 17.8 Å². The first-order valence-electron chi connectivity index (χ1n) is 10.6. The highest BCUT2D eigenvalue weighted by molar-refractivity contribution is 6.20. The third-order valence-corrected chi connectivity index (χ3v) is 6.28.